The van der Waals surface area contributed by atoms with Crippen LogP contribution in [0.5, 0.6) is 5.75 Å². The van der Waals surface area contributed by atoms with Crippen molar-refractivity contribution < 1.29 is 32.7 Å². The molecule has 0 saturated heterocycles. The number of aliphatic carboxylic acids is 1. The van der Waals surface area contributed by atoms with E-state index < -0.39 is 24.9 Å². The van der Waals surface area contributed by atoms with Gasteiger partial charge in [0.05, 0.1) is 29.4 Å². The topological polar surface area (TPSA) is 83.9 Å². The molecule has 184 valence electrons. The largest absolute Gasteiger partial charge is 0.497 e. The third-order valence-electron chi connectivity index (χ3n) is 6.24. The van der Waals surface area contributed by atoms with Gasteiger partial charge in [-0.25, -0.2) is 4.39 Å². The molecular formula is C27H28FNO5S. The van der Waals surface area contributed by atoms with Crippen LogP contribution in [0.15, 0.2) is 59.0 Å². The zero-order valence-corrected chi connectivity index (χ0v) is 19.9. The van der Waals surface area contributed by atoms with E-state index in [0.29, 0.717) is 24.1 Å². The molecule has 0 aromatic heterocycles. The molecule has 1 fully saturated rings. The monoisotopic (exact) mass is 500 g/mol. The quantitative estimate of drug-likeness (QED) is 0.439. The van der Waals surface area contributed by atoms with E-state index in [1.807, 2.05) is 4.90 Å². The highest BCUT2D eigenvalue weighted by Gasteiger charge is 2.40. The van der Waals surface area contributed by atoms with E-state index in [0.717, 1.165) is 17.7 Å². The number of hydrogen-bond donors (Lipinski definition) is 1. The summed E-state index contributed by atoms with van der Waals surface area (Å²) in [7, 11) is -2.64. The van der Waals surface area contributed by atoms with Crippen molar-refractivity contribution in [3.05, 3.63) is 76.0 Å². The van der Waals surface area contributed by atoms with Crippen molar-refractivity contribution in [2.75, 3.05) is 25.9 Å². The van der Waals surface area contributed by atoms with Gasteiger partial charge in [-0.3, -0.25) is 19.3 Å². The molecule has 1 aliphatic carbocycles. The van der Waals surface area contributed by atoms with E-state index in [-0.39, 0.29) is 47.5 Å². The van der Waals surface area contributed by atoms with Gasteiger partial charge in [-0.15, -0.1) is 11.8 Å². The molecule has 1 heterocycles. The highest BCUT2D eigenvalue weighted by molar-refractivity contribution is 8.03. The highest BCUT2D eigenvalue weighted by Crippen LogP contribution is 2.40. The van der Waals surface area contributed by atoms with Crippen LogP contribution in [0, 0.1) is 11.7 Å². The summed E-state index contributed by atoms with van der Waals surface area (Å²) in [5.41, 5.74) is 1.17. The maximum atomic E-state index is 14.7. The normalized spacial score (nSPS) is 18.8. The zero-order chi connectivity index (χ0) is 27.4. The van der Waals surface area contributed by atoms with Crippen LogP contribution < -0.4 is 4.74 Å². The second-order valence-corrected chi connectivity index (χ2v) is 9.83. The van der Waals surface area contributed by atoms with Gasteiger partial charge in [0.2, 0.25) is 0 Å². The number of carboxylic acids is 1. The summed E-state index contributed by atoms with van der Waals surface area (Å²) in [6.07, 6.45) is 1.72. The Kier molecular flexibility index (Phi) is 6.81. The lowest BCUT2D eigenvalue weighted by atomic mass is 9.94. The molecule has 0 amide bonds. The fourth-order valence-electron chi connectivity index (χ4n) is 4.35. The predicted octanol–water partition coefficient (Wildman–Crippen LogP) is 4.91. The van der Waals surface area contributed by atoms with Crippen molar-refractivity contribution in [3.63, 3.8) is 0 Å². The van der Waals surface area contributed by atoms with Crippen molar-refractivity contribution in [2.45, 2.75) is 31.7 Å². The van der Waals surface area contributed by atoms with Gasteiger partial charge < -0.3 is 9.84 Å². The van der Waals surface area contributed by atoms with Crippen LogP contribution in [0.3, 0.4) is 0 Å². The average Bonchev–Trinajstić information content (AvgIpc) is 3.69. The molecule has 4 rings (SSSR count). The first-order chi connectivity index (χ1) is 18.0. The van der Waals surface area contributed by atoms with Crippen LogP contribution in [0.25, 0.3) is 0 Å². The number of nitrogens with zero attached hydrogens (tertiary/aromatic N) is 1. The number of rotatable bonds is 11. The van der Waals surface area contributed by atoms with E-state index in [2.05, 4.69) is 0 Å². The molecule has 1 atom stereocenters. The molecule has 35 heavy (non-hydrogen) atoms. The molecule has 0 spiro atoms. The number of thioether (sulfide) groups is 1. The van der Waals surface area contributed by atoms with Crippen LogP contribution in [0.4, 0.5) is 4.39 Å². The van der Waals surface area contributed by atoms with E-state index in [9.17, 15) is 23.9 Å². The lowest BCUT2D eigenvalue weighted by Gasteiger charge is -2.36. The lowest BCUT2D eigenvalue weighted by Crippen LogP contribution is -2.40. The minimum atomic E-state index is -2.64. The predicted molar refractivity (Wildman–Crippen MR) is 132 cm³/mol. The number of carbonyl (C=O) groups is 3. The SMILES string of the molecule is [2H]C([2H])([2H])Oc1cccc(C(=O)CSC2=C(CC(=O)O)CN(C(C(=O)C3CC3)c3ccccc3F)CC2)c1. The fourth-order valence-corrected chi connectivity index (χ4v) is 5.40. The molecule has 1 aliphatic heterocycles. The van der Waals surface area contributed by atoms with E-state index in [4.69, 9.17) is 8.85 Å². The van der Waals surface area contributed by atoms with E-state index in [1.165, 1.54) is 36.0 Å². The number of halogens is 1. The molecule has 6 nitrogen and oxygen atoms in total. The first-order valence-electron chi connectivity index (χ1n) is 12.9. The lowest BCUT2D eigenvalue weighted by molar-refractivity contribution is -0.136. The average molecular weight is 501 g/mol. The van der Waals surface area contributed by atoms with Gasteiger partial charge in [0.1, 0.15) is 11.6 Å². The van der Waals surface area contributed by atoms with Crippen molar-refractivity contribution in [2.24, 2.45) is 5.92 Å². The number of carboxylic acid groups (broad SMARTS) is 1. The van der Waals surface area contributed by atoms with Gasteiger partial charge in [-0.2, -0.15) is 0 Å². The van der Waals surface area contributed by atoms with Crippen LogP contribution in [0.1, 0.15) is 51.8 Å². The summed E-state index contributed by atoms with van der Waals surface area (Å²) in [5, 5.41) is 9.54. The highest BCUT2D eigenvalue weighted by atomic mass is 32.2. The van der Waals surface area contributed by atoms with Crippen LogP contribution in [0.2, 0.25) is 0 Å². The molecule has 1 unspecified atom stereocenters. The maximum absolute atomic E-state index is 14.7. The first-order valence-corrected chi connectivity index (χ1v) is 12.4. The summed E-state index contributed by atoms with van der Waals surface area (Å²) in [6.45, 7) is 0.598. The van der Waals surface area contributed by atoms with Gasteiger partial charge in [-0.05, 0) is 47.9 Å². The molecule has 2 aromatic rings. The Hall–Kier alpha value is -2.97. The fraction of sp³-hybridized carbons (Fsp3) is 0.370. The molecule has 8 heteroatoms. The van der Waals surface area contributed by atoms with Gasteiger partial charge >= 0.3 is 5.97 Å². The van der Waals surface area contributed by atoms with Gasteiger partial charge in [0.15, 0.2) is 11.6 Å². The van der Waals surface area contributed by atoms with Crippen molar-refractivity contribution >= 4 is 29.3 Å². The standard InChI is InChI=1S/C27H28FNO5S/c1-34-20-6-4-5-18(13-20)23(30)16-35-24-11-12-29(15-19(24)14-25(31)32)26(27(33)17-9-10-17)21-7-2-3-8-22(21)28/h2-8,13,17,26H,9-12,14-16H2,1H3,(H,31,32)/i1D3. The molecule has 0 bridgehead atoms. The van der Waals surface area contributed by atoms with Gasteiger partial charge in [0, 0.05) is 30.1 Å². The number of methoxy groups -OCH3 is 1. The Morgan fingerprint density at radius 2 is 2.03 bits per heavy atom. The number of ether oxygens (including phenoxy) is 1. The number of benzene rings is 2. The van der Waals surface area contributed by atoms with Gasteiger partial charge in [-0.1, -0.05) is 30.3 Å². The summed E-state index contributed by atoms with van der Waals surface area (Å²) in [4.78, 5) is 40.3. The Labute approximate surface area is 212 Å². The Bertz CT molecular complexity index is 1260. The maximum Gasteiger partial charge on any atom is 0.307 e. The smallest absolute Gasteiger partial charge is 0.307 e. The summed E-state index contributed by atoms with van der Waals surface area (Å²) >= 11 is 1.24. The minimum Gasteiger partial charge on any atom is -0.497 e. The van der Waals surface area contributed by atoms with Crippen LogP contribution >= 0.6 is 11.8 Å². The summed E-state index contributed by atoms with van der Waals surface area (Å²) < 4.78 is 41.3. The third kappa shape index (κ3) is 6.18. The Morgan fingerprint density at radius 1 is 1.23 bits per heavy atom. The van der Waals surface area contributed by atoms with Crippen LogP contribution in [-0.4, -0.2) is 53.4 Å². The first kappa shape index (κ1) is 21.3. The van der Waals surface area contributed by atoms with Gasteiger partial charge in [0.25, 0.3) is 0 Å². The molecule has 2 aliphatic rings. The summed E-state index contributed by atoms with van der Waals surface area (Å²) in [5.74, 6) is -1.83. The Balaban J connectivity index is 1.52. The molecule has 1 saturated carbocycles. The third-order valence-corrected chi connectivity index (χ3v) is 7.49. The number of hydrogen-bond acceptors (Lipinski definition) is 6. The molecule has 1 N–H and O–H groups in total. The van der Waals surface area contributed by atoms with E-state index in [1.54, 1.807) is 24.3 Å². The number of carbonyl (C=O) groups excluding carboxylic acids is 2. The molecule has 2 aromatic carbocycles. The van der Waals surface area contributed by atoms with Crippen molar-refractivity contribution in [3.8, 4) is 5.75 Å². The summed E-state index contributed by atoms with van der Waals surface area (Å²) in [6, 6.07) is 11.3. The van der Waals surface area contributed by atoms with E-state index >= 15 is 0 Å². The molecule has 0 radical (unpaired) electrons. The zero-order valence-electron chi connectivity index (χ0n) is 22.0. The second-order valence-electron chi connectivity index (χ2n) is 8.76. The van der Waals surface area contributed by atoms with Crippen molar-refractivity contribution in [1.82, 2.24) is 4.90 Å². The number of ketones is 2. The molecular weight excluding hydrogens is 469 g/mol. The minimum absolute atomic E-state index is 0.0213. The number of Topliss-reactive ketones (excluding diaryl/α,β-unsaturated/α-hetero) is 2. The van der Waals surface area contributed by atoms with Crippen molar-refractivity contribution in [1.29, 1.82) is 0 Å². The second kappa shape index (κ2) is 11.2. The Morgan fingerprint density at radius 3 is 2.74 bits per heavy atom. The van der Waals surface area contributed by atoms with Crippen LogP contribution in [-0.2, 0) is 9.59 Å².